The number of nitrogens with zero attached hydrogens (tertiary/aromatic N) is 2. The van der Waals surface area contributed by atoms with E-state index in [1.54, 1.807) is 4.90 Å². The van der Waals surface area contributed by atoms with Crippen molar-refractivity contribution < 1.29 is 19.1 Å². The topological polar surface area (TPSA) is 91.0 Å². The van der Waals surface area contributed by atoms with Crippen LogP contribution in [-0.2, 0) is 16.1 Å². The van der Waals surface area contributed by atoms with Gasteiger partial charge in [0.25, 0.3) is 5.91 Å². The zero-order valence-electron chi connectivity index (χ0n) is 14.3. The third-order valence-electron chi connectivity index (χ3n) is 5.73. The maximum Gasteiger partial charge on any atom is 0.255 e. The predicted molar refractivity (Wildman–Crippen MR) is 92.0 cm³/mol. The molecule has 2 N–H and O–H groups in total. The van der Waals surface area contributed by atoms with Crippen molar-refractivity contribution in [2.45, 2.75) is 31.5 Å². The molecule has 5 rings (SSSR count). The fraction of sp³-hybridized carbons (Fsp3) is 0.500. The molecule has 1 aromatic carbocycles. The number of carbonyl (C=O) groups is 3. The molecule has 4 heterocycles. The lowest BCUT2D eigenvalue weighted by Gasteiger charge is -2.42. The highest BCUT2D eigenvalue weighted by molar-refractivity contribution is 6.06. The molecule has 0 aliphatic carbocycles. The number of imide groups is 1. The van der Waals surface area contributed by atoms with E-state index in [-0.39, 0.29) is 24.1 Å². The zero-order chi connectivity index (χ0) is 17.8. The van der Waals surface area contributed by atoms with Crippen molar-refractivity contribution in [3.8, 4) is 5.75 Å². The van der Waals surface area contributed by atoms with E-state index in [0.29, 0.717) is 31.2 Å². The molecule has 2 fully saturated rings. The number of hydrogen-bond donors (Lipinski definition) is 2. The van der Waals surface area contributed by atoms with Crippen LogP contribution in [0.15, 0.2) is 12.1 Å². The second kappa shape index (κ2) is 5.70. The van der Waals surface area contributed by atoms with Crippen LogP contribution in [0.5, 0.6) is 5.75 Å². The van der Waals surface area contributed by atoms with E-state index in [1.165, 1.54) is 0 Å². The van der Waals surface area contributed by atoms with Crippen LogP contribution in [0, 0.1) is 0 Å². The summed E-state index contributed by atoms with van der Waals surface area (Å²) in [6.45, 7) is 3.65. The lowest BCUT2D eigenvalue weighted by Crippen LogP contribution is -2.55. The molecule has 3 amide bonds. The van der Waals surface area contributed by atoms with Gasteiger partial charge in [-0.15, -0.1) is 0 Å². The molecular weight excluding hydrogens is 336 g/mol. The first-order chi connectivity index (χ1) is 12.6. The van der Waals surface area contributed by atoms with E-state index in [1.807, 2.05) is 12.1 Å². The normalized spacial score (nSPS) is 27.5. The first-order valence-electron chi connectivity index (χ1n) is 9.04. The van der Waals surface area contributed by atoms with E-state index in [9.17, 15) is 14.4 Å². The van der Waals surface area contributed by atoms with Crippen LogP contribution in [0.3, 0.4) is 0 Å². The van der Waals surface area contributed by atoms with E-state index in [4.69, 9.17) is 4.74 Å². The molecule has 136 valence electrons. The number of rotatable bonds is 1. The van der Waals surface area contributed by atoms with Crippen LogP contribution >= 0.6 is 0 Å². The zero-order valence-corrected chi connectivity index (χ0v) is 14.3. The lowest BCUT2D eigenvalue weighted by molar-refractivity contribution is -0.136. The largest absolute Gasteiger partial charge is 0.489 e. The van der Waals surface area contributed by atoms with Crippen molar-refractivity contribution in [3.63, 3.8) is 0 Å². The summed E-state index contributed by atoms with van der Waals surface area (Å²) in [6.07, 6.45) is 0.626. The van der Waals surface area contributed by atoms with Gasteiger partial charge >= 0.3 is 0 Å². The Morgan fingerprint density at radius 1 is 1.15 bits per heavy atom. The van der Waals surface area contributed by atoms with Crippen molar-refractivity contribution in [1.29, 1.82) is 0 Å². The van der Waals surface area contributed by atoms with Gasteiger partial charge in [-0.1, -0.05) is 0 Å². The Hall–Kier alpha value is -2.61. The van der Waals surface area contributed by atoms with Crippen LogP contribution in [0.4, 0.5) is 5.69 Å². The van der Waals surface area contributed by atoms with Crippen molar-refractivity contribution in [2.24, 2.45) is 0 Å². The number of amides is 3. The standard InChI is InChI=1S/C18H20N4O4/c23-15-4-3-14(17(24)20-15)22-8-12-11(18(22)25)1-2-13-16(12)26-9-10-7-19-5-6-21(10)13/h1-2,10,14,19H,3-9H2,(H,20,23,24)/t10-,14+/m1/s1. The second-order valence-electron chi connectivity index (χ2n) is 7.20. The average molecular weight is 356 g/mol. The Bertz CT molecular complexity index is 824. The van der Waals surface area contributed by atoms with Gasteiger partial charge in [-0.3, -0.25) is 19.7 Å². The maximum atomic E-state index is 12.9. The SMILES string of the molecule is O=C1CC[C@H](N2Cc3c(ccc4c3OC[C@H]3CNCCN43)C2=O)C(=O)N1. The summed E-state index contributed by atoms with van der Waals surface area (Å²) in [5.41, 5.74) is 2.48. The number of piperidine rings is 1. The van der Waals surface area contributed by atoms with E-state index in [2.05, 4.69) is 15.5 Å². The van der Waals surface area contributed by atoms with Crippen LogP contribution in [-0.4, -0.2) is 60.9 Å². The summed E-state index contributed by atoms with van der Waals surface area (Å²) >= 11 is 0. The highest BCUT2D eigenvalue weighted by Crippen LogP contribution is 2.43. The summed E-state index contributed by atoms with van der Waals surface area (Å²) in [7, 11) is 0. The Morgan fingerprint density at radius 3 is 2.88 bits per heavy atom. The van der Waals surface area contributed by atoms with Gasteiger partial charge in [0.2, 0.25) is 11.8 Å². The number of piperazine rings is 1. The number of carbonyl (C=O) groups excluding carboxylic acids is 3. The molecule has 0 saturated carbocycles. The molecule has 0 bridgehead atoms. The van der Waals surface area contributed by atoms with Crippen LogP contribution in [0.25, 0.3) is 0 Å². The molecule has 8 nitrogen and oxygen atoms in total. The van der Waals surface area contributed by atoms with Crippen LogP contribution < -0.4 is 20.3 Å². The van der Waals surface area contributed by atoms with Crippen molar-refractivity contribution in [2.75, 3.05) is 31.1 Å². The van der Waals surface area contributed by atoms with Crippen LogP contribution in [0.1, 0.15) is 28.8 Å². The van der Waals surface area contributed by atoms with E-state index >= 15 is 0 Å². The Balaban J connectivity index is 1.48. The number of hydrogen-bond acceptors (Lipinski definition) is 6. The van der Waals surface area contributed by atoms with Crippen molar-refractivity contribution >= 4 is 23.4 Å². The molecule has 1 aromatic rings. The van der Waals surface area contributed by atoms with Gasteiger partial charge in [-0.25, -0.2) is 0 Å². The first kappa shape index (κ1) is 15.6. The Morgan fingerprint density at radius 2 is 2.04 bits per heavy atom. The molecule has 2 atom stereocenters. The third kappa shape index (κ3) is 2.21. The molecule has 0 unspecified atom stereocenters. The minimum Gasteiger partial charge on any atom is -0.489 e. The van der Waals surface area contributed by atoms with Gasteiger partial charge in [-0.2, -0.15) is 0 Å². The summed E-state index contributed by atoms with van der Waals surface area (Å²) < 4.78 is 6.05. The van der Waals surface area contributed by atoms with Crippen molar-refractivity contribution in [3.05, 3.63) is 23.3 Å². The van der Waals surface area contributed by atoms with Gasteiger partial charge in [-0.05, 0) is 18.6 Å². The molecule has 0 aromatic heterocycles. The highest BCUT2D eigenvalue weighted by atomic mass is 16.5. The first-order valence-corrected chi connectivity index (χ1v) is 9.04. The van der Waals surface area contributed by atoms with Crippen molar-refractivity contribution in [1.82, 2.24) is 15.5 Å². The van der Waals surface area contributed by atoms with Gasteiger partial charge in [0, 0.05) is 37.2 Å². The molecular formula is C18H20N4O4. The second-order valence-corrected chi connectivity index (χ2v) is 7.20. The Kier molecular flexibility index (Phi) is 3.43. The number of ether oxygens (including phenoxy) is 1. The average Bonchev–Trinajstić information content (AvgIpc) is 2.98. The number of fused-ring (bicyclic) bond motifs is 5. The number of anilines is 1. The number of benzene rings is 1. The Labute approximate surface area is 150 Å². The quantitative estimate of drug-likeness (QED) is 0.667. The molecule has 0 radical (unpaired) electrons. The molecule has 2 saturated heterocycles. The van der Waals surface area contributed by atoms with E-state index < -0.39 is 6.04 Å². The summed E-state index contributed by atoms with van der Waals surface area (Å²) in [5.74, 6) is -0.0626. The summed E-state index contributed by atoms with van der Waals surface area (Å²) in [5, 5.41) is 5.71. The molecule has 4 aliphatic rings. The third-order valence-corrected chi connectivity index (χ3v) is 5.73. The van der Waals surface area contributed by atoms with Gasteiger partial charge < -0.3 is 19.9 Å². The smallest absolute Gasteiger partial charge is 0.255 e. The van der Waals surface area contributed by atoms with E-state index in [0.717, 1.165) is 36.6 Å². The minimum absolute atomic E-state index is 0.164. The molecule has 0 spiro atoms. The summed E-state index contributed by atoms with van der Waals surface area (Å²) in [4.78, 5) is 40.4. The fourth-order valence-electron chi connectivity index (χ4n) is 4.39. The molecule has 8 heteroatoms. The fourth-order valence-corrected chi connectivity index (χ4v) is 4.39. The monoisotopic (exact) mass is 356 g/mol. The predicted octanol–water partition coefficient (Wildman–Crippen LogP) is -0.382. The minimum atomic E-state index is -0.598. The number of nitrogens with one attached hydrogen (secondary N) is 2. The van der Waals surface area contributed by atoms with Gasteiger partial charge in [0.05, 0.1) is 18.3 Å². The van der Waals surface area contributed by atoms with Crippen LogP contribution in [0.2, 0.25) is 0 Å². The lowest BCUT2D eigenvalue weighted by atomic mass is 10.0. The van der Waals surface area contributed by atoms with Gasteiger partial charge in [0.15, 0.2) is 0 Å². The van der Waals surface area contributed by atoms with Gasteiger partial charge in [0.1, 0.15) is 18.4 Å². The highest BCUT2D eigenvalue weighted by Gasteiger charge is 2.42. The molecule has 4 aliphatic heterocycles. The summed E-state index contributed by atoms with van der Waals surface area (Å²) in [6, 6.07) is 3.50. The maximum absolute atomic E-state index is 12.9. The molecule has 26 heavy (non-hydrogen) atoms.